The summed E-state index contributed by atoms with van der Waals surface area (Å²) in [5, 5.41) is 0.716. The highest BCUT2D eigenvalue weighted by Gasteiger charge is 2.05. The van der Waals surface area contributed by atoms with Crippen LogP contribution < -0.4 is 0 Å². The number of hydrogen-bond acceptors (Lipinski definition) is 1. The first kappa shape index (κ1) is 13.6. The molecule has 0 unspecified atom stereocenters. The number of ketones is 1. The number of allylic oxidation sites excluding steroid dienone is 1. The van der Waals surface area contributed by atoms with Crippen LogP contribution in [0.15, 0.2) is 55.1 Å². The number of carbonyl (C=O) groups is 1. The molecule has 1 nitrogen and oxygen atoms in total. The molecule has 2 aromatic carbocycles. The summed E-state index contributed by atoms with van der Waals surface area (Å²) in [6.07, 6.45) is 1.74. The van der Waals surface area contributed by atoms with Gasteiger partial charge in [0.1, 0.15) is 0 Å². The van der Waals surface area contributed by atoms with Gasteiger partial charge in [-0.1, -0.05) is 48.5 Å². The zero-order valence-electron chi connectivity index (χ0n) is 10.8. The van der Waals surface area contributed by atoms with E-state index >= 15 is 0 Å². The lowest BCUT2D eigenvalue weighted by Crippen LogP contribution is -1.97. The number of carbonyl (C=O) groups excluding carboxylic acids is 1. The fourth-order valence-electron chi connectivity index (χ4n) is 2.03. The zero-order valence-corrected chi connectivity index (χ0v) is 11.6. The first-order valence-electron chi connectivity index (χ1n) is 6.11. The fraction of sp³-hybridized carbons (Fsp3) is 0.118. The molecule has 0 aromatic heterocycles. The van der Waals surface area contributed by atoms with Gasteiger partial charge in [0, 0.05) is 11.4 Å². The smallest absolute Gasteiger partial charge is 0.159 e. The Balaban J connectivity index is 2.40. The van der Waals surface area contributed by atoms with Crippen LogP contribution in [0.25, 0.3) is 11.1 Å². The summed E-state index contributed by atoms with van der Waals surface area (Å²) in [6.45, 7) is 5.54. The summed E-state index contributed by atoms with van der Waals surface area (Å²) in [7, 11) is 0. The summed E-state index contributed by atoms with van der Waals surface area (Å²) in [4.78, 5) is 11.4. The minimum absolute atomic E-state index is 0.0277. The van der Waals surface area contributed by atoms with E-state index in [2.05, 4.69) is 6.58 Å². The topological polar surface area (TPSA) is 17.1 Å². The van der Waals surface area contributed by atoms with Crippen molar-refractivity contribution in [2.75, 3.05) is 0 Å². The van der Waals surface area contributed by atoms with Crippen molar-refractivity contribution in [2.45, 2.75) is 13.3 Å². The van der Waals surface area contributed by atoms with E-state index in [4.69, 9.17) is 11.6 Å². The summed E-state index contributed by atoms with van der Waals surface area (Å²) in [6, 6.07) is 13.8. The number of aryl methyl sites for hydroxylation is 1. The molecular formula is C17H15ClO. The standard InChI is InChI=1S/C17H15ClO/c1-3-16(19)10-13-5-4-6-14(9-13)17-11-15(18)8-7-12(17)2/h3-9,11H,1,10H2,2H3. The van der Waals surface area contributed by atoms with Gasteiger partial charge in [-0.25, -0.2) is 0 Å². The highest BCUT2D eigenvalue weighted by molar-refractivity contribution is 6.30. The monoisotopic (exact) mass is 270 g/mol. The lowest BCUT2D eigenvalue weighted by atomic mass is 9.97. The van der Waals surface area contributed by atoms with Crippen LogP contribution in [0.2, 0.25) is 5.02 Å². The summed E-state index contributed by atoms with van der Waals surface area (Å²) < 4.78 is 0. The molecule has 19 heavy (non-hydrogen) atoms. The summed E-state index contributed by atoms with van der Waals surface area (Å²) in [5.74, 6) is 0.0277. The van der Waals surface area contributed by atoms with Gasteiger partial charge in [-0.15, -0.1) is 0 Å². The highest BCUT2D eigenvalue weighted by Crippen LogP contribution is 2.27. The zero-order chi connectivity index (χ0) is 13.8. The van der Waals surface area contributed by atoms with Gasteiger partial charge >= 0.3 is 0 Å². The number of rotatable bonds is 4. The third kappa shape index (κ3) is 3.33. The molecule has 96 valence electrons. The second-order valence-corrected chi connectivity index (χ2v) is 4.94. The average molecular weight is 271 g/mol. The molecule has 2 rings (SSSR count). The SMILES string of the molecule is C=CC(=O)Cc1cccc(-c2cc(Cl)ccc2C)c1. The van der Waals surface area contributed by atoms with Crippen LogP contribution in [-0.2, 0) is 11.2 Å². The van der Waals surface area contributed by atoms with Crippen LogP contribution in [0, 0.1) is 6.92 Å². The van der Waals surface area contributed by atoms with E-state index in [0.717, 1.165) is 22.3 Å². The van der Waals surface area contributed by atoms with Crippen molar-refractivity contribution in [3.63, 3.8) is 0 Å². The molecule has 0 aliphatic carbocycles. The first-order chi connectivity index (χ1) is 9.10. The molecule has 0 bridgehead atoms. The van der Waals surface area contributed by atoms with Gasteiger partial charge < -0.3 is 0 Å². The molecular weight excluding hydrogens is 256 g/mol. The van der Waals surface area contributed by atoms with E-state index in [9.17, 15) is 4.79 Å². The van der Waals surface area contributed by atoms with Crippen molar-refractivity contribution in [3.8, 4) is 11.1 Å². The maximum Gasteiger partial charge on any atom is 0.159 e. The van der Waals surface area contributed by atoms with Crippen LogP contribution in [0.1, 0.15) is 11.1 Å². The lowest BCUT2D eigenvalue weighted by Gasteiger charge is -2.08. The molecule has 2 heteroatoms. The normalized spacial score (nSPS) is 10.2. The Morgan fingerprint density at radius 3 is 2.79 bits per heavy atom. The van der Waals surface area contributed by atoms with Crippen LogP contribution >= 0.6 is 11.6 Å². The van der Waals surface area contributed by atoms with Crippen molar-refractivity contribution in [1.29, 1.82) is 0 Å². The molecule has 0 aliphatic rings. The summed E-state index contributed by atoms with van der Waals surface area (Å²) >= 11 is 6.05. The molecule has 0 amide bonds. The van der Waals surface area contributed by atoms with E-state index in [1.807, 2.05) is 49.4 Å². The van der Waals surface area contributed by atoms with Gasteiger partial charge in [0.2, 0.25) is 0 Å². The van der Waals surface area contributed by atoms with E-state index in [-0.39, 0.29) is 5.78 Å². The molecule has 0 N–H and O–H groups in total. The predicted octanol–water partition coefficient (Wildman–Crippen LogP) is 4.61. The third-order valence-corrected chi connectivity index (χ3v) is 3.28. The molecule has 0 atom stereocenters. The largest absolute Gasteiger partial charge is 0.295 e. The quantitative estimate of drug-likeness (QED) is 0.741. The fourth-order valence-corrected chi connectivity index (χ4v) is 2.20. The van der Waals surface area contributed by atoms with E-state index in [1.165, 1.54) is 6.08 Å². The molecule has 0 saturated heterocycles. The third-order valence-electron chi connectivity index (χ3n) is 3.04. The molecule has 0 spiro atoms. The van der Waals surface area contributed by atoms with Gasteiger partial charge in [0.05, 0.1) is 0 Å². The summed E-state index contributed by atoms with van der Waals surface area (Å²) in [5.41, 5.74) is 4.33. The molecule has 0 fully saturated rings. The predicted molar refractivity (Wildman–Crippen MR) is 80.5 cm³/mol. The molecule has 2 aromatic rings. The Bertz CT molecular complexity index is 629. The first-order valence-corrected chi connectivity index (χ1v) is 6.48. The van der Waals surface area contributed by atoms with E-state index in [0.29, 0.717) is 11.4 Å². The maximum atomic E-state index is 11.4. The minimum Gasteiger partial charge on any atom is -0.295 e. The van der Waals surface area contributed by atoms with Crippen molar-refractivity contribution >= 4 is 17.4 Å². The van der Waals surface area contributed by atoms with Crippen molar-refractivity contribution in [3.05, 3.63) is 71.3 Å². The van der Waals surface area contributed by atoms with E-state index < -0.39 is 0 Å². The molecule has 0 aliphatic heterocycles. The number of benzene rings is 2. The Kier molecular flexibility index (Phi) is 4.18. The second-order valence-electron chi connectivity index (χ2n) is 4.51. The van der Waals surface area contributed by atoms with Gasteiger partial charge in [0.25, 0.3) is 0 Å². The lowest BCUT2D eigenvalue weighted by molar-refractivity contribution is -0.114. The minimum atomic E-state index is 0.0277. The molecule has 0 saturated carbocycles. The molecule has 0 radical (unpaired) electrons. The van der Waals surface area contributed by atoms with Crippen LogP contribution in [0.4, 0.5) is 0 Å². The Morgan fingerprint density at radius 1 is 1.26 bits per heavy atom. The highest BCUT2D eigenvalue weighted by atomic mass is 35.5. The van der Waals surface area contributed by atoms with Gasteiger partial charge in [-0.05, 0) is 47.4 Å². The van der Waals surface area contributed by atoms with Crippen molar-refractivity contribution in [1.82, 2.24) is 0 Å². The van der Waals surface area contributed by atoms with E-state index in [1.54, 1.807) is 0 Å². The van der Waals surface area contributed by atoms with Crippen LogP contribution in [0.3, 0.4) is 0 Å². The maximum absolute atomic E-state index is 11.4. The van der Waals surface area contributed by atoms with Crippen molar-refractivity contribution < 1.29 is 4.79 Å². The van der Waals surface area contributed by atoms with Gasteiger partial charge in [-0.2, -0.15) is 0 Å². The Hall–Kier alpha value is -1.86. The Morgan fingerprint density at radius 2 is 2.05 bits per heavy atom. The van der Waals surface area contributed by atoms with Gasteiger partial charge in [0.15, 0.2) is 5.78 Å². The van der Waals surface area contributed by atoms with Crippen LogP contribution in [0.5, 0.6) is 0 Å². The molecule has 0 heterocycles. The average Bonchev–Trinajstić information content (AvgIpc) is 2.41. The second kappa shape index (κ2) is 5.85. The number of halogens is 1. The number of hydrogen-bond donors (Lipinski definition) is 0. The van der Waals surface area contributed by atoms with Crippen molar-refractivity contribution in [2.24, 2.45) is 0 Å². The van der Waals surface area contributed by atoms with Gasteiger partial charge in [-0.3, -0.25) is 4.79 Å². The Labute approximate surface area is 118 Å². The van der Waals surface area contributed by atoms with Crippen LogP contribution in [-0.4, -0.2) is 5.78 Å².